The number of hydrogen-bond donors (Lipinski definition) is 2. The molecule has 1 aromatic heterocycles. The van der Waals surface area contributed by atoms with Crippen molar-refractivity contribution >= 4 is 17.3 Å². The number of aromatic nitrogens is 2. The number of amides is 1. The van der Waals surface area contributed by atoms with Gasteiger partial charge in [-0.15, -0.1) is 0 Å². The first kappa shape index (κ1) is 13.1. The van der Waals surface area contributed by atoms with Gasteiger partial charge in [0.15, 0.2) is 0 Å². The Labute approximate surface area is 112 Å². The average Bonchev–Trinajstić information content (AvgIpc) is 2.79. The van der Waals surface area contributed by atoms with E-state index in [2.05, 4.69) is 10.3 Å². The fraction of sp³-hybridized carbons (Fsp3) is 0.286. The molecule has 5 heteroatoms. The minimum absolute atomic E-state index is 0.0881. The third kappa shape index (κ3) is 2.76. The average molecular weight is 258 g/mol. The summed E-state index contributed by atoms with van der Waals surface area (Å²) in [7, 11) is 0. The summed E-state index contributed by atoms with van der Waals surface area (Å²) in [4.78, 5) is 16.3. The fourth-order valence-corrected chi connectivity index (χ4v) is 1.93. The third-order valence-corrected chi connectivity index (χ3v) is 3.18. The molecule has 0 aliphatic carbocycles. The summed E-state index contributed by atoms with van der Waals surface area (Å²) in [5.74, 6) is 0.724. The maximum absolute atomic E-state index is 12.2. The van der Waals surface area contributed by atoms with Gasteiger partial charge in [-0.1, -0.05) is 6.07 Å². The van der Waals surface area contributed by atoms with E-state index in [1.807, 2.05) is 37.5 Å². The molecule has 0 fully saturated rings. The number of imidazole rings is 1. The van der Waals surface area contributed by atoms with Crippen LogP contribution in [0.15, 0.2) is 30.6 Å². The number of nitrogens with one attached hydrogen (secondary N) is 1. The second kappa shape index (κ2) is 5.14. The minimum atomic E-state index is -0.316. The Hall–Kier alpha value is -2.30. The van der Waals surface area contributed by atoms with E-state index in [4.69, 9.17) is 5.73 Å². The summed E-state index contributed by atoms with van der Waals surface area (Å²) in [6, 6.07) is 5.15. The lowest BCUT2D eigenvalue weighted by Gasteiger charge is -2.16. The monoisotopic (exact) mass is 258 g/mol. The van der Waals surface area contributed by atoms with Crippen LogP contribution in [0.1, 0.15) is 24.4 Å². The molecule has 0 saturated carbocycles. The van der Waals surface area contributed by atoms with Gasteiger partial charge < -0.3 is 15.6 Å². The van der Waals surface area contributed by atoms with Gasteiger partial charge >= 0.3 is 0 Å². The van der Waals surface area contributed by atoms with Crippen LogP contribution >= 0.6 is 0 Å². The third-order valence-electron chi connectivity index (χ3n) is 3.18. The molecule has 3 N–H and O–H groups in total. The van der Waals surface area contributed by atoms with Crippen molar-refractivity contribution < 1.29 is 4.79 Å². The first-order valence-electron chi connectivity index (χ1n) is 6.15. The molecule has 0 aliphatic rings. The summed E-state index contributed by atoms with van der Waals surface area (Å²) in [5.41, 5.74) is 8.09. The fourth-order valence-electron chi connectivity index (χ4n) is 1.93. The van der Waals surface area contributed by atoms with E-state index < -0.39 is 0 Å². The van der Waals surface area contributed by atoms with E-state index in [0.29, 0.717) is 5.69 Å². The quantitative estimate of drug-likeness (QED) is 0.829. The van der Waals surface area contributed by atoms with Crippen LogP contribution < -0.4 is 11.1 Å². The molecule has 5 nitrogen and oxygen atoms in total. The second-order valence-electron chi connectivity index (χ2n) is 4.62. The van der Waals surface area contributed by atoms with E-state index >= 15 is 0 Å². The van der Waals surface area contributed by atoms with Gasteiger partial charge in [0.25, 0.3) is 0 Å². The number of nitrogens with two attached hydrogens (primary N) is 1. The number of anilines is 2. The van der Waals surface area contributed by atoms with Crippen LogP contribution in [0.4, 0.5) is 11.4 Å². The minimum Gasteiger partial charge on any atom is -0.399 e. The van der Waals surface area contributed by atoms with Crippen molar-refractivity contribution in [1.29, 1.82) is 0 Å². The maximum Gasteiger partial charge on any atom is 0.247 e. The van der Waals surface area contributed by atoms with Crippen LogP contribution in [0.2, 0.25) is 0 Å². The van der Waals surface area contributed by atoms with E-state index in [-0.39, 0.29) is 11.9 Å². The molecule has 0 bridgehead atoms. The molecule has 1 amide bonds. The van der Waals surface area contributed by atoms with Gasteiger partial charge in [-0.25, -0.2) is 4.98 Å². The lowest BCUT2D eigenvalue weighted by Crippen LogP contribution is -2.24. The van der Waals surface area contributed by atoms with Crippen LogP contribution in [-0.4, -0.2) is 15.5 Å². The van der Waals surface area contributed by atoms with Crippen LogP contribution in [-0.2, 0) is 4.79 Å². The summed E-state index contributed by atoms with van der Waals surface area (Å²) in [5, 5.41) is 2.90. The number of hydrogen-bond acceptors (Lipinski definition) is 3. The highest BCUT2D eigenvalue weighted by atomic mass is 16.2. The number of rotatable bonds is 3. The Bertz CT molecular complexity index is 603. The molecule has 1 heterocycles. The molecular weight excluding hydrogens is 240 g/mol. The Morgan fingerprint density at radius 2 is 2.16 bits per heavy atom. The Morgan fingerprint density at radius 3 is 2.79 bits per heavy atom. The number of aryl methyl sites for hydroxylation is 2. The molecule has 1 aromatic carbocycles. The summed E-state index contributed by atoms with van der Waals surface area (Å²) in [6.45, 7) is 5.64. The predicted octanol–water partition coefficient (Wildman–Crippen LogP) is 2.28. The standard InChI is InChI=1S/C14H18N4O/c1-9-4-5-12(15)8-13(9)17-14(19)10(2)18-7-6-16-11(18)3/h4-8,10H,15H2,1-3H3,(H,17,19). The van der Waals surface area contributed by atoms with Gasteiger partial charge in [0.2, 0.25) is 5.91 Å². The highest BCUT2D eigenvalue weighted by Gasteiger charge is 2.16. The summed E-state index contributed by atoms with van der Waals surface area (Å²) >= 11 is 0. The van der Waals surface area contributed by atoms with E-state index in [1.165, 1.54) is 0 Å². The Balaban J connectivity index is 2.17. The van der Waals surface area contributed by atoms with Crippen LogP contribution in [0, 0.1) is 13.8 Å². The van der Waals surface area contributed by atoms with Gasteiger partial charge in [-0.05, 0) is 38.5 Å². The number of carbonyl (C=O) groups is 1. The lowest BCUT2D eigenvalue weighted by atomic mass is 10.1. The first-order chi connectivity index (χ1) is 8.99. The first-order valence-corrected chi connectivity index (χ1v) is 6.15. The number of nitrogens with zero attached hydrogens (tertiary/aromatic N) is 2. The number of nitrogen functional groups attached to an aromatic ring is 1. The van der Waals surface area contributed by atoms with Gasteiger partial charge in [0.1, 0.15) is 11.9 Å². The smallest absolute Gasteiger partial charge is 0.247 e. The molecule has 0 spiro atoms. The maximum atomic E-state index is 12.2. The second-order valence-corrected chi connectivity index (χ2v) is 4.62. The van der Waals surface area contributed by atoms with Crippen molar-refractivity contribution in [2.24, 2.45) is 0 Å². The van der Waals surface area contributed by atoms with E-state index in [0.717, 1.165) is 17.1 Å². The highest BCUT2D eigenvalue weighted by molar-refractivity contribution is 5.94. The molecule has 1 unspecified atom stereocenters. The van der Waals surface area contributed by atoms with Crippen molar-refractivity contribution in [2.75, 3.05) is 11.1 Å². The zero-order valence-electron chi connectivity index (χ0n) is 11.3. The lowest BCUT2D eigenvalue weighted by molar-refractivity contribution is -0.118. The molecule has 0 saturated heterocycles. The van der Waals surface area contributed by atoms with E-state index in [9.17, 15) is 4.79 Å². The molecule has 2 rings (SSSR count). The van der Waals surface area contributed by atoms with Gasteiger partial charge in [-0.2, -0.15) is 0 Å². The topological polar surface area (TPSA) is 72.9 Å². The largest absolute Gasteiger partial charge is 0.399 e. The van der Waals surface area contributed by atoms with Crippen molar-refractivity contribution in [3.63, 3.8) is 0 Å². The van der Waals surface area contributed by atoms with Crippen molar-refractivity contribution in [1.82, 2.24) is 9.55 Å². The predicted molar refractivity (Wildman–Crippen MR) is 75.9 cm³/mol. The molecular formula is C14H18N4O. The molecule has 2 aromatic rings. The van der Waals surface area contributed by atoms with E-state index in [1.54, 1.807) is 18.5 Å². The zero-order valence-corrected chi connectivity index (χ0v) is 11.3. The Kier molecular flexibility index (Phi) is 3.55. The van der Waals surface area contributed by atoms with Gasteiger partial charge in [-0.3, -0.25) is 4.79 Å². The van der Waals surface area contributed by atoms with Crippen molar-refractivity contribution in [3.8, 4) is 0 Å². The molecule has 1 atom stereocenters. The van der Waals surface area contributed by atoms with Gasteiger partial charge in [0, 0.05) is 23.8 Å². The SMILES string of the molecule is Cc1ccc(N)cc1NC(=O)C(C)n1ccnc1C. The summed E-state index contributed by atoms with van der Waals surface area (Å²) in [6.07, 6.45) is 3.48. The van der Waals surface area contributed by atoms with Crippen molar-refractivity contribution in [3.05, 3.63) is 42.0 Å². The Morgan fingerprint density at radius 1 is 1.42 bits per heavy atom. The number of benzene rings is 1. The van der Waals surface area contributed by atoms with Gasteiger partial charge in [0.05, 0.1) is 0 Å². The molecule has 100 valence electrons. The highest BCUT2D eigenvalue weighted by Crippen LogP contribution is 2.20. The molecule has 0 radical (unpaired) electrons. The zero-order chi connectivity index (χ0) is 14.0. The number of carbonyl (C=O) groups excluding carboxylic acids is 1. The normalized spacial score (nSPS) is 12.2. The molecule has 0 aliphatic heterocycles. The molecule has 19 heavy (non-hydrogen) atoms. The van der Waals surface area contributed by atoms with Crippen LogP contribution in [0.25, 0.3) is 0 Å². The van der Waals surface area contributed by atoms with Crippen molar-refractivity contribution in [2.45, 2.75) is 26.8 Å². The van der Waals surface area contributed by atoms with Crippen LogP contribution in [0.5, 0.6) is 0 Å². The summed E-state index contributed by atoms with van der Waals surface area (Å²) < 4.78 is 1.83. The van der Waals surface area contributed by atoms with Crippen LogP contribution in [0.3, 0.4) is 0 Å².